The Kier molecular flexibility index (Phi) is 3.83. The standard InChI is InChI=1S/C17H21N3O3/c1-17(2,3)11-4-5-13-12(7-11)20-15(23-13)9-19-16(22)10-6-14(21)18-8-10/h4-5,7,10H,6,8-9H2,1-3H3,(H,18,21)(H,19,22)/t10-/m0/s1. The highest BCUT2D eigenvalue weighted by Crippen LogP contribution is 2.26. The van der Waals surface area contributed by atoms with Gasteiger partial charge in [-0.05, 0) is 23.1 Å². The molecule has 0 bridgehead atoms. The summed E-state index contributed by atoms with van der Waals surface area (Å²) >= 11 is 0. The highest BCUT2D eigenvalue weighted by atomic mass is 16.3. The Labute approximate surface area is 134 Å². The predicted molar refractivity (Wildman–Crippen MR) is 85.7 cm³/mol. The molecule has 1 aliphatic rings. The second-order valence-electron chi connectivity index (χ2n) is 6.96. The Balaban J connectivity index is 1.69. The summed E-state index contributed by atoms with van der Waals surface area (Å²) in [6, 6.07) is 5.96. The molecule has 122 valence electrons. The molecule has 2 N–H and O–H groups in total. The molecule has 1 fully saturated rings. The van der Waals surface area contributed by atoms with Crippen LogP contribution in [0.25, 0.3) is 11.1 Å². The van der Waals surface area contributed by atoms with Crippen molar-refractivity contribution in [2.75, 3.05) is 6.54 Å². The molecule has 0 unspecified atom stereocenters. The van der Waals surface area contributed by atoms with Gasteiger partial charge in [0, 0.05) is 13.0 Å². The lowest BCUT2D eigenvalue weighted by Gasteiger charge is -2.18. The van der Waals surface area contributed by atoms with Gasteiger partial charge in [-0.15, -0.1) is 0 Å². The van der Waals surface area contributed by atoms with Crippen molar-refractivity contribution in [3.05, 3.63) is 29.7 Å². The van der Waals surface area contributed by atoms with Gasteiger partial charge in [-0.2, -0.15) is 0 Å². The fraction of sp³-hybridized carbons (Fsp3) is 0.471. The van der Waals surface area contributed by atoms with Crippen LogP contribution in [0.5, 0.6) is 0 Å². The average Bonchev–Trinajstić information content (AvgIpc) is 3.08. The molecule has 0 aliphatic carbocycles. The largest absolute Gasteiger partial charge is 0.439 e. The zero-order valence-electron chi connectivity index (χ0n) is 13.6. The number of fused-ring (bicyclic) bond motifs is 1. The van der Waals surface area contributed by atoms with E-state index in [2.05, 4.69) is 36.4 Å². The third-order valence-corrected chi connectivity index (χ3v) is 4.06. The molecule has 0 spiro atoms. The molecule has 1 atom stereocenters. The quantitative estimate of drug-likeness (QED) is 0.906. The Morgan fingerprint density at radius 3 is 2.87 bits per heavy atom. The van der Waals surface area contributed by atoms with Crippen molar-refractivity contribution in [1.82, 2.24) is 15.6 Å². The van der Waals surface area contributed by atoms with Gasteiger partial charge in [0.1, 0.15) is 5.52 Å². The van der Waals surface area contributed by atoms with Crippen molar-refractivity contribution in [1.29, 1.82) is 0 Å². The van der Waals surface area contributed by atoms with Gasteiger partial charge in [0.05, 0.1) is 12.5 Å². The number of amides is 2. The first-order valence-corrected chi connectivity index (χ1v) is 7.77. The van der Waals surface area contributed by atoms with Gasteiger partial charge < -0.3 is 15.1 Å². The van der Waals surface area contributed by atoms with Crippen LogP contribution in [0.1, 0.15) is 38.6 Å². The smallest absolute Gasteiger partial charge is 0.225 e. The number of benzene rings is 1. The summed E-state index contributed by atoms with van der Waals surface area (Å²) in [5, 5.41) is 5.43. The molecule has 2 aromatic rings. The molecule has 6 heteroatoms. The van der Waals surface area contributed by atoms with Crippen LogP contribution in [-0.2, 0) is 21.5 Å². The summed E-state index contributed by atoms with van der Waals surface area (Å²) in [6.07, 6.45) is 0.244. The van der Waals surface area contributed by atoms with Crippen molar-refractivity contribution in [3.8, 4) is 0 Å². The third-order valence-electron chi connectivity index (χ3n) is 4.06. The van der Waals surface area contributed by atoms with Crippen LogP contribution in [0.4, 0.5) is 0 Å². The summed E-state index contributed by atoms with van der Waals surface area (Å²) in [5.41, 5.74) is 2.73. The molecular formula is C17H21N3O3. The summed E-state index contributed by atoms with van der Waals surface area (Å²) < 4.78 is 5.66. The molecule has 2 heterocycles. The number of rotatable bonds is 3. The Morgan fingerprint density at radius 2 is 2.22 bits per heavy atom. The van der Waals surface area contributed by atoms with Crippen LogP contribution in [0.15, 0.2) is 22.6 Å². The van der Waals surface area contributed by atoms with Crippen LogP contribution in [0, 0.1) is 5.92 Å². The molecule has 3 rings (SSSR count). The van der Waals surface area contributed by atoms with Crippen molar-refractivity contribution in [3.63, 3.8) is 0 Å². The van der Waals surface area contributed by atoms with E-state index in [0.29, 0.717) is 18.0 Å². The lowest BCUT2D eigenvalue weighted by Crippen LogP contribution is -2.31. The molecule has 1 aromatic heterocycles. The van der Waals surface area contributed by atoms with Crippen LogP contribution >= 0.6 is 0 Å². The maximum Gasteiger partial charge on any atom is 0.225 e. The first kappa shape index (κ1) is 15.5. The minimum Gasteiger partial charge on any atom is -0.439 e. The maximum absolute atomic E-state index is 12.0. The first-order valence-electron chi connectivity index (χ1n) is 7.77. The van der Waals surface area contributed by atoms with Gasteiger partial charge in [-0.1, -0.05) is 26.8 Å². The van der Waals surface area contributed by atoms with Gasteiger partial charge in [0.25, 0.3) is 0 Å². The minimum absolute atomic E-state index is 0.0452. The van der Waals surface area contributed by atoms with E-state index in [0.717, 1.165) is 5.52 Å². The molecule has 1 saturated heterocycles. The van der Waals surface area contributed by atoms with E-state index in [1.54, 1.807) is 0 Å². The van der Waals surface area contributed by atoms with E-state index in [9.17, 15) is 9.59 Å². The predicted octanol–water partition coefficient (Wildman–Crippen LogP) is 1.88. The van der Waals surface area contributed by atoms with Gasteiger partial charge in [-0.3, -0.25) is 9.59 Å². The van der Waals surface area contributed by atoms with Crippen LogP contribution < -0.4 is 10.6 Å². The number of nitrogens with one attached hydrogen (secondary N) is 2. The van der Waals surface area contributed by atoms with E-state index in [4.69, 9.17) is 4.42 Å². The number of nitrogens with zero attached hydrogens (tertiary/aromatic N) is 1. The monoisotopic (exact) mass is 315 g/mol. The number of carbonyl (C=O) groups is 2. The molecular weight excluding hydrogens is 294 g/mol. The molecule has 1 aromatic carbocycles. The summed E-state index contributed by atoms with van der Waals surface area (Å²) in [6.45, 7) is 7.06. The normalized spacial score (nSPS) is 18.2. The van der Waals surface area contributed by atoms with Gasteiger partial charge >= 0.3 is 0 Å². The Hall–Kier alpha value is -2.37. The topological polar surface area (TPSA) is 84.2 Å². The zero-order valence-corrected chi connectivity index (χ0v) is 13.6. The number of carbonyl (C=O) groups excluding carboxylic acids is 2. The van der Waals surface area contributed by atoms with E-state index in [1.165, 1.54) is 5.56 Å². The van der Waals surface area contributed by atoms with E-state index >= 15 is 0 Å². The third kappa shape index (κ3) is 3.36. The van der Waals surface area contributed by atoms with Gasteiger partial charge in [-0.25, -0.2) is 4.98 Å². The van der Waals surface area contributed by atoms with Crippen LogP contribution in [-0.4, -0.2) is 23.3 Å². The Morgan fingerprint density at radius 1 is 1.43 bits per heavy atom. The molecule has 1 aliphatic heterocycles. The summed E-state index contributed by atoms with van der Waals surface area (Å²) in [5.74, 6) is -0.0706. The number of oxazole rings is 1. The van der Waals surface area contributed by atoms with E-state index < -0.39 is 0 Å². The highest BCUT2D eigenvalue weighted by molar-refractivity contribution is 5.89. The molecule has 23 heavy (non-hydrogen) atoms. The fourth-order valence-corrected chi connectivity index (χ4v) is 2.61. The Bertz CT molecular complexity index is 758. The SMILES string of the molecule is CC(C)(C)c1ccc2oc(CNC(=O)[C@@H]3CNC(=O)C3)nc2c1. The van der Waals surface area contributed by atoms with Crippen molar-refractivity contribution in [2.24, 2.45) is 5.92 Å². The first-order chi connectivity index (χ1) is 10.8. The van der Waals surface area contributed by atoms with Crippen molar-refractivity contribution in [2.45, 2.75) is 39.2 Å². The second-order valence-corrected chi connectivity index (χ2v) is 6.96. The summed E-state index contributed by atoms with van der Waals surface area (Å²) in [7, 11) is 0. The molecule has 2 amide bonds. The average molecular weight is 315 g/mol. The number of hydrogen-bond donors (Lipinski definition) is 2. The van der Waals surface area contributed by atoms with Gasteiger partial charge in [0.15, 0.2) is 5.58 Å². The summed E-state index contributed by atoms with van der Waals surface area (Å²) in [4.78, 5) is 27.6. The fourth-order valence-electron chi connectivity index (χ4n) is 2.61. The number of hydrogen-bond acceptors (Lipinski definition) is 4. The highest BCUT2D eigenvalue weighted by Gasteiger charge is 2.27. The molecule has 0 radical (unpaired) electrons. The maximum atomic E-state index is 12.0. The van der Waals surface area contributed by atoms with Crippen molar-refractivity contribution < 1.29 is 14.0 Å². The molecule has 0 saturated carbocycles. The second kappa shape index (κ2) is 5.68. The zero-order chi connectivity index (χ0) is 16.6. The van der Waals surface area contributed by atoms with E-state index in [-0.39, 0.29) is 36.1 Å². The lowest BCUT2D eigenvalue weighted by molar-refractivity contribution is -0.126. The van der Waals surface area contributed by atoms with Crippen molar-refractivity contribution >= 4 is 22.9 Å². The lowest BCUT2D eigenvalue weighted by atomic mass is 9.87. The molecule has 6 nitrogen and oxygen atoms in total. The van der Waals surface area contributed by atoms with Gasteiger partial charge in [0.2, 0.25) is 17.7 Å². The minimum atomic E-state index is -0.306. The van der Waals surface area contributed by atoms with Crippen LogP contribution in [0.3, 0.4) is 0 Å². The van der Waals surface area contributed by atoms with Crippen LogP contribution in [0.2, 0.25) is 0 Å². The number of aromatic nitrogens is 1. The van der Waals surface area contributed by atoms with E-state index in [1.807, 2.05) is 18.2 Å².